The third-order valence-electron chi connectivity index (χ3n) is 2.49. The van der Waals surface area contributed by atoms with Crippen LogP contribution in [-0.4, -0.2) is 17.1 Å². The number of anilines is 2. The molecule has 0 saturated heterocycles. The Morgan fingerprint density at radius 2 is 1.30 bits per heavy atom. The summed E-state index contributed by atoms with van der Waals surface area (Å²) < 4.78 is 0. The molecule has 0 aliphatic heterocycles. The van der Waals surface area contributed by atoms with Crippen LogP contribution in [-0.2, 0) is 0 Å². The van der Waals surface area contributed by atoms with Crippen LogP contribution in [0, 0.1) is 0 Å². The molecule has 0 unspecified atom stereocenters. The molecule has 0 saturated carbocycles. The van der Waals surface area contributed by atoms with Gasteiger partial charge in [-0.15, -0.1) is 0 Å². The van der Waals surface area contributed by atoms with Gasteiger partial charge in [0, 0.05) is 16.4 Å². The number of carbonyl (C=O) groups excluding carboxylic acids is 1. The maximum atomic E-state index is 11.7. The smallest absolute Gasteiger partial charge is 0.335 e. The van der Waals surface area contributed by atoms with Gasteiger partial charge in [0.1, 0.15) is 0 Å². The summed E-state index contributed by atoms with van der Waals surface area (Å²) >= 11 is 5.74. The van der Waals surface area contributed by atoms with Crippen LogP contribution in [0.25, 0.3) is 0 Å². The normalized spacial score (nSPS) is 9.85. The zero-order valence-corrected chi connectivity index (χ0v) is 11.0. The molecule has 0 spiro atoms. The van der Waals surface area contributed by atoms with Crippen molar-refractivity contribution >= 4 is 35.0 Å². The third kappa shape index (κ3) is 3.73. The fourth-order valence-electron chi connectivity index (χ4n) is 1.52. The number of hydrogen-bond donors (Lipinski definition) is 3. The van der Waals surface area contributed by atoms with Crippen LogP contribution in [0.1, 0.15) is 10.4 Å². The lowest BCUT2D eigenvalue weighted by Crippen LogP contribution is -2.19. The van der Waals surface area contributed by atoms with Gasteiger partial charge >= 0.3 is 12.0 Å². The average Bonchev–Trinajstić information content (AvgIpc) is 2.42. The number of rotatable bonds is 3. The van der Waals surface area contributed by atoms with Gasteiger partial charge in [-0.25, -0.2) is 9.59 Å². The average molecular weight is 291 g/mol. The van der Waals surface area contributed by atoms with Crippen LogP contribution in [0.15, 0.2) is 48.5 Å². The summed E-state index contributed by atoms with van der Waals surface area (Å²) in [6.45, 7) is 0. The van der Waals surface area contributed by atoms with Crippen molar-refractivity contribution in [3.63, 3.8) is 0 Å². The highest BCUT2D eigenvalue weighted by molar-refractivity contribution is 6.30. The molecule has 0 aromatic heterocycles. The monoisotopic (exact) mass is 290 g/mol. The van der Waals surface area contributed by atoms with E-state index >= 15 is 0 Å². The fraction of sp³-hybridized carbons (Fsp3) is 0. The van der Waals surface area contributed by atoms with Crippen LogP contribution in [0.2, 0.25) is 5.02 Å². The minimum Gasteiger partial charge on any atom is -0.478 e. The molecule has 0 radical (unpaired) electrons. The number of hydrogen-bond acceptors (Lipinski definition) is 2. The first kappa shape index (κ1) is 13.9. The predicted molar refractivity (Wildman–Crippen MR) is 77.5 cm³/mol. The largest absolute Gasteiger partial charge is 0.478 e. The molecule has 2 aromatic rings. The van der Waals surface area contributed by atoms with E-state index in [1.807, 2.05) is 0 Å². The number of carboxylic acid groups (broad SMARTS) is 1. The number of urea groups is 1. The van der Waals surface area contributed by atoms with E-state index in [4.69, 9.17) is 16.7 Å². The molecule has 3 N–H and O–H groups in total. The van der Waals surface area contributed by atoms with E-state index in [0.717, 1.165) is 0 Å². The molecule has 0 aliphatic carbocycles. The zero-order chi connectivity index (χ0) is 14.5. The fourth-order valence-corrected chi connectivity index (χ4v) is 1.65. The number of nitrogens with one attached hydrogen (secondary N) is 2. The standard InChI is InChI=1S/C14H11ClN2O3/c15-10-3-7-12(8-4-10)17-14(20)16-11-5-1-9(2-6-11)13(18)19/h1-8H,(H,18,19)(H2,16,17,20). The molecule has 6 heteroatoms. The molecule has 5 nitrogen and oxygen atoms in total. The molecular formula is C14H11ClN2O3. The van der Waals surface area contributed by atoms with Crippen molar-refractivity contribution in [3.05, 3.63) is 59.1 Å². The number of aromatic carboxylic acids is 1. The van der Waals surface area contributed by atoms with Gasteiger partial charge in [-0.3, -0.25) is 0 Å². The summed E-state index contributed by atoms with van der Waals surface area (Å²) in [5.41, 5.74) is 1.27. The van der Waals surface area contributed by atoms with Crippen molar-refractivity contribution in [1.82, 2.24) is 0 Å². The van der Waals surface area contributed by atoms with Crippen molar-refractivity contribution in [3.8, 4) is 0 Å². The number of carbonyl (C=O) groups is 2. The summed E-state index contributed by atoms with van der Waals surface area (Å²) in [5.74, 6) is -1.01. The van der Waals surface area contributed by atoms with Crippen molar-refractivity contribution in [2.24, 2.45) is 0 Å². The Bertz CT molecular complexity index is 624. The van der Waals surface area contributed by atoms with E-state index < -0.39 is 12.0 Å². The van der Waals surface area contributed by atoms with Gasteiger partial charge in [-0.2, -0.15) is 0 Å². The van der Waals surface area contributed by atoms with E-state index in [2.05, 4.69) is 10.6 Å². The Balaban J connectivity index is 1.97. The highest BCUT2D eigenvalue weighted by Crippen LogP contribution is 2.14. The summed E-state index contributed by atoms with van der Waals surface area (Å²) in [7, 11) is 0. The van der Waals surface area contributed by atoms with E-state index in [-0.39, 0.29) is 5.56 Å². The lowest BCUT2D eigenvalue weighted by Gasteiger charge is -2.07. The van der Waals surface area contributed by atoms with E-state index in [9.17, 15) is 9.59 Å². The minimum absolute atomic E-state index is 0.161. The number of halogens is 1. The SMILES string of the molecule is O=C(Nc1ccc(Cl)cc1)Nc1ccc(C(=O)O)cc1. The van der Waals surface area contributed by atoms with Crippen molar-refractivity contribution in [2.75, 3.05) is 10.6 Å². The lowest BCUT2D eigenvalue weighted by molar-refractivity contribution is 0.0697. The highest BCUT2D eigenvalue weighted by atomic mass is 35.5. The van der Waals surface area contributed by atoms with Gasteiger partial charge in [-0.1, -0.05) is 11.6 Å². The Hall–Kier alpha value is -2.53. The third-order valence-corrected chi connectivity index (χ3v) is 2.74. The molecule has 0 fully saturated rings. The minimum atomic E-state index is -1.01. The molecule has 0 heterocycles. The van der Waals surface area contributed by atoms with E-state index in [1.54, 1.807) is 24.3 Å². The molecule has 102 valence electrons. The second-order valence-electron chi connectivity index (χ2n) is 3.97. The molecule has 0 aliphatic rings. The first-order chi connectivity index (χ1) is 9.54. The Labute approximate surface area is 120 Å². The molecule has 0 atom stereocenters. The van der Waals surface area contributed by atoms with Gasteiger partial charge in [0.05, 0.1) is 5.56 Å². The van der Waals surface area contributed by atoms with Crippen LogP contribution >= 0.6 is 11.6 Å². The summed E-state index contributed by atoms with van der Waals surface area (Å²) in [5, 5.41) is 14.6. The molecule has 20 heavy (non-hydrogen) atoms. The Kier molecular flexibility index (Phi) is 4.22. The summed E-state index contributed by atoms with van der Waals surface area (Å²) in [4.78, 5) is 22.4. The zero-order valence-electron chi connectivity index (χ0n) is 10.3. The topological polar surface area (TPSA) is 78.4 Å². The number of benzene rings is 2. The molecule has 2 rings (SSSR count). The molecule has 2 amide bonds. The predicted octanol–water partition coefficient (Wildman–Crippen LogP) is 3.68. The Morgan fingerprint density at radius 3 is 1.75 bits per heavy atom. The summed E-state index contributed by atoms with van der Waals surface area (Å²) in [6, 6.07) is 12.1. The molecule has 0 bridgehead atoms. The quantitative estimate of drug-likeness (QED) is 0.807. The first-order valence-electron chi connectivity index (χ1n) is 5.71. The number of carboxylic acids is 1. The van der Waals surface area contributed by atoms with E-state index in [1.165, 1.54) is 24.3 Å². The van der Waals surface area contributed by atoms with Crippen molar-refractivity contribution < 1.29 is 14.7 Å². The molecular weight excluding hydrogens is 280 g/mol. The second-order valence-corrected chi connectivity index (χ2v) is 4.40. The maximum Gasteiger partial charge on any atom is 0.335 e. The second kappa shape index (κ2) is 6.08. The van der Waals surface area contributed by atoms with Crippen LogP contribution in [0.3, 0.4) is 0 Å². The van der Waals surface area contributed by atoms with Crippen LogP contribution in [0.4, 0.5) is 16.2 Å². The summed E-state index contributed by atoms with van der Waals surface area (Å²) in [6.07, 6.45) is 0. The van der Waals surface area contributed by atoms with Crippen LogP contribution < -0.4 is 10.6 Å². The molecule has 2 aromatic carbocycles. The maximum absolute atomic E-state index is 11.7. The van der Waals surface area contributed by atoms with Gasteiger partial charge in [0.2, 0.25) is 0 Å². The van der Waals surface area contributed by atoms with Gasteiger partial charge < -0.3 is 15.7 Å². The van der Waals surface area contributed by atoms with Crippen molar-refractivity contribution in [1.29, 1.82) is 0 Å². The van der Waals surface area contributed by atoms with Crippen LogP contribution in [0.5, 0.6) is 0 Å². The van der Waals surface area contributed by atoms with Crippen molar-refractivity contribution in [2.45, 2.75) is 0 Å². The Morgan fingerprint density at radius 1 is 0.850 bits per heavy atom. The van der Waals surface area contributed by atoms with Gasteiger partial charge in [-0.05, 0) is 48.5 Å². The first-order valence-corrected chi connectivity index (χ1v) is 6.09. The lowest BCUT2D eigenvalue weighted by atomic mass is 10.2. The number of amides is 2. The highest BCUT2D eigenvalue weighted by Gasteiger charge is 2.05. The van der Waals surface area contributed by atoms with Gasteiger partial charge in [0.25, 0.3) is 0 Å². The van der Waals surface area contributed by atoms with Gasteiger partial charge in [0.15, 0.2) is 0 Å². The van der Waals surface area contributed by atoms with E-state index in [0.29, 0.717) is 16.4 Å².